The molecule has 0 saturated carbocycles. The molecular formula is C12H17ClN2O2. The zero-order valence-electron chi connectivity index (χ0n) is 9.83. The zero-order valence-corrected chi connectivity index (χ0v) is 10.6. The minimum Gasteiger partial charge on any atom is -0.384 e. The SMILES string of the molecule is CCOCCOCc1ccc(C(=N)N)cc1Cl. The second-order valence-electron chi connectivity index (χ2n) is 3.47. The van der Waals surface area contributed by atoms with Crippen LogP contribution in [0.5, 0.6) is 0 Å². The maximum absolute atomic E-state index is 7.29. The summed E-state index contributed by atoms with van der Waals surface area (Å²) in [7, 11) is 0. The molecule has 0 fully saturated rings. The van der Waals surface area contributed by atoms with Gasteiger partial charge in [0, 0.05) is 17.2 Å². The van der Waals surface area contributed by atoms with Crippen molar-refractivity contribution in [1.29, 1.82) is 5.41 Å². The van der Waals surface area contributed by atoms with Crippen molar-refractivity contribution in [3.8, 4) is 0 Å². The van der Waals surface area contributed by atoms with Gasteiger partial charge in [-0.1, -0.05) is 23.7 Å². The summed E-state index contributed by atoms with van der Waals surface area (Å²) in [5.74, 6) is 0.00992. The van der Waals surface area contributed by atoms with Crippen LogP contribution in [0.4, 0.5) is 0 Å². The van der Waals surface area contributed by atoms with Gasteiger partial charge in [0.2, 0.25) is 0 Å². The largest absolute Gasteiger partial charge is 0.384 e. The molecule has 0 amide bonds. The third-order valence-electron chi connectivity index (χ3n) is 2.20. The summed E-state index contributed by atoms with van der Waals surface area (Å²) < 4.78 is 10.6. The van der Waals surface area contributed by atoms with E-state index in [0.29, 0.717) is 37.0 Å². The van der Waals surface area contributed by atoms with Crippen LogP contribution in [0.2, 0.25) is 5.02 Å². The molecule has 3 N–H and O–H groups in total. The number of rotatable bonds is 7. The molecule has 0 unspecified atom stereocenters. The van der Waals surface area contributed by atoms with Gasteiger partial charge < -0.3 is 15.2 Å². The molecule has 0 radical (unpaired) electrons. The average molecular weight is 257 g/mol. The topological polar surface area (TPSA) is 68.3 Å². The Morgan fingerprint density at radius 2 is 2.06 bits per heavy atom. The molecule has 4 nitrogen and oxygen atoms in total. The Morgan fingerprint density at radius 3 is 2.65 bits per heavy atom. The van der Waals surface area contributed by atoms with Gasteiger partial charge >= 0.3 is 0 Å². The smallest absolute Gasteiger partial charge is 0.122 e. The van der Waals surface area contributed by atoms with E-state index in [0.717, 1.165) is 5.56 Å². The van der Waals surface area contributed by atoms with Crippen LogP contribution < -0.4 is 5.73 Å². The number of nitrogens with two attached hydrogens (primary N) is 1. The standard InChI is InChI=1S/C12H17ClN2O2/c1-2-16-5-6-17-8-10-4-3-9(12(14)15)7-11(10)13/h3-4,7H,2,5-6,8H2,1H3,(H3,14,15). The van der Waals surface area contributed by atoms with Crippen molar-refractivity contribution in [3.63, 3.8) is 0 Å². The van der Waals surface area contributed by atoms with Crippen LogP contribution in [0.25, 0.3) is 0 Å². The fraction of sp³-hybridized carbons (Fsp3) is 0.417. The molecule has 1 aromatic rings. The molecule has 0 aliphatic heterocycles. The molecule has 17 heavy (non-hydrogen) atoms. The van der Waals surface area contributed by atoms with Gasteiger partial charge in [0.05, 0.1) is 19.8 Å². The molecule has 0 aromatic heterocycles. The number of amidine groups is 1. The molecule has 0 aliphatic carbocycles. The summed E-state index contributed by atoms with van der Waals surface area (Å²) >= 11 is 6.05. The molecule has 0 aliphatic rings. The predicted octanol–water partition coefficient (Wildman–Crippen LogP) is 2.18. The van der Waals surface area contributed by atoms with Crippen LogP contribution in [-0.2, 0) is 16.1 Å². The second-order valence-corrected chi connectivity index (χ2v) is 3.88. The van der Waals surface area contributed by atoms with Crippen LogP contribution in [0, 0.1) is 5.41 Å². The number of nitrogen functional groups attached to an aromatic ring is 1. The molecule has 1 rings (SSSR count). The summed E-state index contributed by atoms with van der Waals surface area (Å²) in [6.07, 6.45) is 0. The van der Waals surface area contributed by atoms with Crippen molar-refractivity contribution in [3.05, 3.63) is 34.3 Å². The van der Waals surface area contributed by atoms with E-state index >= 15 is 0 Å². The first-order chi connectivity index (χ1) is 8.15. The van der Waals surface area contributed by atoms with Crippen molar-refractivity contribution >= 4 is 17.4 Å². The van der Waals surface area contributed by atoms with Crippen LogP contribution in [-0.4, -0.2) is 25.7 Å². The van der Waals surface area contributed by atoms with Gasteiger partial charge in [0.15, 0.2) is 0 Å². The van der Waals surface area contributed by atoms with E-state index < -0.39 is 0 Å². The van der Waals surface area contributed by atoms with Crippen LogP contribution in [0.3, 0.4) is 0 Å². The first-order valence-electron chi connectivity index (χ1n) is 5.43. The van der Waals surface area contributed by atoms with E-state index in [1.54, 1.807) is 12.1 Å². The Kier molecular flexibility index (Phi) is 5.97. The second kappa shape index (κ2) is 7.27. The molecule has 0 spiro atoms. The fourth-order valence-electron chi connectivity index (χ4n) is 1.28. The molecule has 5 heteroatoms. The summed E-state index contributed by atoms with van der Waals surface area (Å²) in [5.41, 5.74) is 6.87. The van der Waals surface area contributed by atoms with Crippen molar-refractivity contribution in [2.75, 3.05) is 19.8 Å². The number of benzene rings is 1. The maximum Gasteiger partial charge on any atom is 0.122 e. The number of ether oxygens (including phenoxy) is 2. The van der Waals surface area contributed by atoms with Gasteiger partial charge in [-0.2, -0.15) is 0 Å². The Labute approximate surface area is 106 Å². The van der Waals surface area contributed by atoms with E-state index in [2.05, 4.69) is 0 Å². The monoisotopic (exact) mass is 256 g/mol. The molecule has 94 valence electrons. The van der Waals surface area contributed by atoms with Gasteiger partial charge in [-0.3, -0.25) is 5.41 Å². The lowest BCUT2D eigenvalue weighted by atomic mass is 10.1. The minimum atomic E-state index is 0.00992. The number of hydrogen-bond acceptors (Lipinski definition) is 3. The van der Waals surface area contributed by atoms with E-state index in [1.807, 2.05) is 13.0 Å². The number of halogens is 1. The lowest BCUT2D eigenvalue weighted by Gasteiger charge is -2.07. The third-order valence-corrected chi connectivity index (χ3v) is 2.55. The number of hydrogen-bond donors (Lipinski definition) is 2. The third kappa shape index (κ3) is 4.73. The average Bonchev–Trinajstić information content (AvgIpc) is 2.30. The first-order valence-corrected chi connectivity index (χ1v) is 5.81. The van der Waals surface area contributed by atoms with E-state index in [4.69, 9.17) is 32.2 Å². The highest BCUT2D eigenvalue weighted by Gasteiger charge is 2.03. The minimum absolute atomic E-state index is 0.00992. The van der Waals surface area contributed by atoms with Crippen molar-refractivity contribution in [1.82, 2.24) is 0 Å². The number of nitrogens with one attached hydrogen (secondary N) is 1. The van der Waals surface area contributed by atoms with Crippen LogP contribution in [0.15, 0.2) is 18.2 Å². The van der Waals surface area contributed by atoms with Crippen molar-refractivity contribution in [2.24, 2.45) is 5.73 Å². The molecule has 0 heterocycles. The predicted molar refractivity (Wildman–Crippen MR) is 68.6 cm³/mol. The van der Waals surface area contributed by atoms with Crippen LogP contribution >= 0.6 is 11.6 Å². The van der Waals surface area contributed by atoms with Gasteiger partial charge in [-0.05, 0) is 18.6 Å². The van der Waals surface area contributed by atoms with Gasteiger partial charge in [-0.15, -0.1) is 0 Å². The summed E-state index contributed by atoms with van der Waals surface area (Å²) in [6, 6.07) is 5.25. The zero-order chi connectivity index (χ0) is 12.7. The highest BCUT2D eigenvalue weighted by atomic mass is 35.5. The molecule has 0 atom stereocenters. The highest BCUT2D eigenvalue weighted by Crippen LogP contribution is 2.18. The summed E-state index contributed by atoms with van der Waals surface area (Å²) in [6.45, 7) is 4.19. The molecule has 0 bridgehead atoms. The van der Waals surface area contributed by atoms with Crippen molar-refractivity contribution in [2.45, 2.75) is 13.5 Å². The van der Waals surface area contributed by atoms with Crippen LogP contribution in [0.1, 0.15) is 18.1 Å². The van der Waals surface area contributed by atoms with Gasteiger partial charge in [0.25, 0.3) is 0 Å². The van der Waals surface area contributed by atoms with Gasteiger partial charge in [-0.25, -0.2) is 0 Å². The Bertz CT molecular complexity index is 383. The van der Waals surface area contributed by atoms with Gasteiger partial charge in [0.1, 0.15) is 5.84 Å². The summed E-state index contributed by atoms with van der Waals surface area (Å²) in [5, 5.41) is 7.85. The lowest BCUT2D eigenvalue weighted by Crippen LogP contribution is -2.11. The normalized spacial score (nSPS) is 10.5. The van der Waals surface area contributed by atoms with E-state index in [1.165, 1.54) is 0 Å². The Balaban J connectivity index is 2.46. The molecular weight excluding hydrogens is 240 g/mol. The fourth-order valence-corrected chi connectivity index (χ4v) is 1.51. The maximum atomic E-state index is 7.29. The first kappa shape index (κ1) is 14.0. The lowest BCUT2D eigenvalue weighted by molar-refractivity contribution is 0.0453. The van der Waals surface area contributed by atoms with Crippen molar-refractivity contribution < 1.29 is 9.47 Å². The summed E-state index contributed by atoms with van der Waals surface area (Å²) in [4.78, 5) is 0. The van der Waals surface area contributed by atoms with E-state index in [-0.39, 0.29) is 5.84 Å². The Hall–Kier alpha value is -1.10. The molecule has 1 aromatic carbocycles. The highest BCUT2D eigenvalue weighted by molar-refractivity contribution is 6.31. The molecule has 0 saturated heterocycles. The Morgan fingerprint density at radius 1 is 1.35 bits per heavy atom. The quantitative estimate of drug-likeness (QED) is 0.446. The van der Waals surface area contributed by atoms with E-state index in [9.17, 15) is 0 Å².